The van der Waals surface area contributed by atoms with E-state index < -0.39 is 0 Å². The van der Waals surface area contributed by atoms with Gasteiger partial charge in [-0.25, -0.2) is 0 Å². The van der Waals surface area contributed by atoms with E-state index in [-0.39, 0.29) is 6.10 Å². The molecule has 0 saturated carbocycles. The summed E-state index contributed by atoms with van der Waals surface area (Å²) in [4.78, 5) is 0. The van der Waals surface area contributed by atoms with Crippen molar-refractivity contribution >= 4 is 0 Å². The van der Waals surface area contributed by atoms with Gasteiger partial charge in [-0.05, 0) is 31.5 Å². The number of para-hydroxylation sites is 1. The molecule has 3 heteroatoms. The van der Waals surface area contributed by atoms with Gasteiger partial charge in [-0.2, -0.15) is 0 Å². The van der Waals surface area contributed by atoms with Gasteiger partial charge in [0.25, 0.3) is 0 Å². The van der Waals surface area contributed by atoms with Crippen LogP contribution < -0.4 is 10.1 Å². The van der Waals surface area contributed by atoms with E-state index in [1.165, 1.54) is 5.56 Å². The summed E-state index contributed by atoms with van der Waals surface area (Å²) in [5, 5.41) is 3.47. The minimum absolute atomic E-state index is 0.116. The molecule has 2 unspecified atom stereocenters. The molecule has 0 aliphatic carbocycles. The van der Waals surface area contributed by atoms with Gasteiger partial charge in [-0.1, -0.05) is 25.1 Å². The van der Waals surface area contributed by atoms with Crippen molar-refractivity contribution in [3.63, 3.8) is 0 Å². The first-order chi connectivity index (χ1) is 8.31. The summed E-state index contributed by atoms with van der Waals surface area (Å²) in [7, 11) is 0. The normalized spacial score (nSPS) is 24.6. The van der Waals surface area contributed by atoms with Gasteiger partial charge in [-0.15, -0.1) is 0 Å². The molecule has 1 aliphatic rings. The number of likely N-dealkylation sites (N-methyl/N-ethyl adjacent to an activating group) is 1. The van der Waals surface area contributed by atoms with Crippen LogP contribution in [0.4, 0.5) is 0 Å². The molecule has 0 spiro atoms. The number of aryl methyl sites for hydroxylation is 1. The molecule has 0 radical (unpaired) electrons. The second kappa shape index (κ2) is 6.03. The molecule has 1 aromatic rings. The average molecular weight is 235 g/mol. The Balaban J connectivity index is 2.03. The van der Waals surface area contributed by atoms with Gasteiger partial charge in [0.2, 0.25) is 0 Å². The summed E-state index contributed by atoms with van der Waals surface area (Å²) in [6.07, 6.45) is 1.13. The van der Waals surface area contributed by atoms with Crippen LogP contribution in [-0.2, 0) is 4.74 Å². The van der Waals surface area contributed by atoms with Crippen LogP contribution in [0.5, 0.6) is 5.75 Å². The third-order valence-electron chi connectivity index (χ3n) is 3.14. The van der Waals surface area contributed by atoms with Gasteiger partial charge < -0.3 is 14.8 Å². The number of hydrogen-bond donors (Lipinski definition) is 1. The molecule has 1 aliphatic heterocycles. The van der Waals surface area contributed by atoms with Crippen molar-refractivity contribution < 1.29 is 9.47 Å². The minimum Gasteiger partial charge on any atom is -0.486 e. The molecule has 1 heterocycles. The van der Waals surface area contributed by atoms with Crippen molar-refractivity contribution in [1.82, 2.24) is 5.32 Å². The van der Waals surface area contributed by atoms with E-state index in [9.17, 15) is 0 Å². The van der Waals surface area contributed by atoms with Crippen LogP contribution in [0.3, 0.4) is 0 Å². The van der Waals surface area contributed by atoms with Crippen LogP contribution in [0, 0.1) is 6.92 Å². The van der Waals surface area contributed by atoms with Crippen LogP contribution in [0.1, 0.15) is 18.9 Å². The molecule has 17 heavy (non-hydrogen) atoms. The lowest BCUT2D eigenvalue weighted by molar-refractivity contribution is -0.0145. The van der Waals surface area contributed by atoms with Crippen molar-refractivity contribution in [2.24, 2.45) is 0 Å². The third kappa shape index (κ3) is 3.20. The number of ether oxygens (including phenoxy) is 2. The molecule has 1 fully saturated rings. The monoisotopic (exact) mass is 235 g/mol. The molecule has 1 N–H and O–H groups in total. The molecule has 0 aromatic heterocycles. The molecule has 2 atom stereocenters. The standard InChI is InChI=1S/C14H21NO2/c1-3-15-12-8-9-16-10-14(12)17-13-7-5-4-6-11(13)2/h4-7,12,14-15H,3,8-10H2,1-2H3. The van der Waals surface area contributed by atoms with Gasteiger partial charge in [0.15, 0.2) is 0 Å². The second-order valence-electron chi connectivity index (χ2n) is 4.45. The average Bonchev–Trinajstić information content (AvgIpc) is 2.35. The van der Waals surface area contributed by atoms with Gasteiger partial charge in [0, 0.05) is 12.6 Å². The van der Waals surface area contributed by atoms with Crippen molar-refractivity contribution in [1.29, 1.82) is 0 Å². The molecule has 0 amide bonds. The predicted molar refractivity (Wildman–Crippen MR) is 68.5 cm³/mol. The second-order valence-corrected chi connectivity index (χ2v) is 4.45. The van der Waals surface area contributed by atoms with Crippen LogP contribution >= 0.6 is 0 Å². The highest BCUT2D eigenvalue weighted by Gasteiger charge is 2.26. The van der Waals surface area contributed by atoms with E-state index >= 15 is 0 Å². The zero-order chi connectivity index (χ0) is 12.1. The van der Waals surface area contributed by atoms with Crippen LogP contribution in [0.15, 0.2) is 24.3 Å². The molecule has 2 rings (SSSR count). The fourth-order valence-electron chi connectivity index (χ4n) is 2.18. The van der Waals surface area contributed by atoms with Crippen molar-refractivity contribution in [3.8, 4) is 5.75 Å². The summed E-state index contributed by atoms with van der Waals surface area (Å²) in [6.45, 7) is 6.66. The molecular weight excluding hydrogens is 214 g/mol. The quantitative estimate of drug-likeness (QED) is 0.867. The molecule has 94 valence electrons. The molecule has 0 bridgehead atoms. The molecule has 1 saturated heterocycles. The largest absolute Gasteiger partial charge is 0.486 e. The summed E-state index contributed by atoms with van der Waals surface area (Å²) in [6, 6.07) is 8.53. The van der Waals surface area contributed by atoms with Gasteiger partial charge in [-0.3, -0.25) is 0 Å². The number of benzene rings is 1. The van der Waals surface area contributed by atoms with Crippen LogP contribution in [0.25, 0.3) is 0 Å². The first-order valence-corrected chi connectivity index (χ1v) is 6.34. The summed E-state index contributed by atoms with van der Waals surface area (Å²) < 4.78 is 11.6. The summed E-state index contributed by atoms with van der Waals surface area (Å²) in [5.74, 6) is 0.964. The van der Waals surface area contributed by atoms with Crippen molar-refractivity contribution in [3.05, 3.63) is 29.8 Å². The van der Waals surface area contributed by atoms with E-state index in [4.69, 9.17) is 9.47 Å². The van der Waals surface area contributed by atoms with E-state index in [0.29, 0.717) is 12.6 Å². The van der Waals surface area contributed by atoms with E-state index in [1.54, 1.807) is 0 Å². The Kier molecular flexibility index (Phi) is 4.40. The maximum Gasteiger partial charge on any atom is 0.137 e. The third-order valence-corrected chi connectivity index (χ3v) is 3.14. The van der Waals surface area contributed by atoms with E-state index in [1.807, 2.05) is 18.2 Å². The Morgan fingerprint density at radius 2 is 2.24 bits per heavy atom. The SMILES string of the molecule is CCNC1CCOCC1Oc1ccccc1C. The molecular formula is C14H21NO2. The number of rotatable bonds is 4. The van der Waals surface area contributed by atoms with Crippen molar-refractivity contribution in [2.45, 2.75) is 32.4 Å². The predicted octanol–water partition coefficient (Wildman–Crippen LogP) is 2.14. The fourth-order valence-corrected chi connectivity index (χ4v) is 2.18. The number of hydrogen-bond acceptors (Lipinski definition) is 3. The Hall–Kier alpha value is -1.06. The van der Waals surface area contributed by atoms with Gasteiger partial charge in [0.05, 0.1) is 6.61 Å². The molecule has 3 nitrogen and oxygen atoms in total. The first-order valence-electron chi connectivity index (χ1n) is 6.34. The minimum atomic E-state index is 0.116. The zero-order valence-electron chi connectivity index (χ0n) is 10.6. The molecule has 1 aromatic carbocycles. The Bertz CT molecular complexity index is 352. The van der Waals surface area contributed by atoms with Crippen LogP contribution in [0.2, 0.25) is 0 Å². The van der Waals surface area contributed by atoms with E-state index in [0.717, 1.165) is 25.3 Å². The fraction of sp³-hybridized carbons (Fsp3) is 0.571. The van der Waals surface area contributed by atoms with E-state index in [2.05, 4.69) is 25.2 Å². The van der Waals surface area contributed by atoms with Gasteiger partial charge in [0.1, 0.15) is 11.9 Å². The van der Waals surface area contributed by atoms with Crippen molar-refractivity contribution in [2.75, 3.05) is 19.8 Å². The topological polar surface area (TPSA) is 30.5 Å². The lowest BCUT2D eigenvalue weighted by atomic mass is 10.1. The highest BCUT2D eigenvalue weighted by atomic mass is 16.5. The highest BCUT2D eigenvalue weighted by molar-refractivity contribution is 5.32. The maximum absolute atomic E-state index is 6.06. The van der Waals surface area contributed by atoms with Gasteiger partial charge >= 0.3 is 0 Å². The summed E-state index contributed by atoms with van der Waals surface area (Å²) in [5.41, 5.74) is 1.17. The Morgan fingerprint density at radius 1 is 1.41 bits per heavy atom. The lowest BCUT2D eigenvalue weighted by Crippen LogP contribution is -2.49. The smallest absolute Gasteiger partial charge is 0.137 e. The number of nitrogens with one attached hydrogen (secondary N) is 1. The first kappa shape index (κ1) is 12.4. The maximum atomic E-state index is 6.06. The lowest BCUT2D eigenvalue weighted by Gasteiger charge is -2.32. The van der Waals surface area contributed by atoms with Crippen LogP contribution in [-0.4, -0.2) is 31.9 Å². The highest BCUT2D eigenvalue weighted by Crippen LogP contribution is 2.21. The Labute approximate surface area is 103 Å². The Morgan fingerprint density at radius 3 is 3.00 bits per heavy atom. The zero-order valence-corrected chi connectivity index (χ0v) is 10.6. The summed E-state index contributed by atoms with van der Waals surface area (Å²) >= 11 is 0.